The van der Waals surface area contributed by atoms with E-state index in [-0.39, 0.29) is 0 Å². The fraction of sp³-hybridized carbons (Fsp3) is 0.692. The second-order valence-corrected chi connectivity index (χ2v) is 4.72. The maximum absolute atomic E-state index is 9.84. The second kappa shape index (κ2) is 5.51. The molecule has 90 valence electrons. The van der Waals surface area contributed by atoms with Gasteiger partial charge in [-0.1, -0.05) is 13.3 Å². The number of hydrogen-bond donors (Lipinski definition) is 2. The average molecular weight is 223 g/mol. The summed E-state index contributed by atoms with van der Waals surface area (Å²) >= 11 is 0. The Bertz CT molecular complexity index is 297. The van der Waals surface area contributed by atoms with Crippen LogP contribution in [0.2, 0.25) is 0 Å². The summed E-state index contributed by atoms with van der Waals surface area (Å²) in [6.07, 6.45) is 6.17. The number of furan rings is 1. The van der Waals surface area contributed by atoms with E-state index in [1.807, 2.05) is 6.07 Å². The van der Waals surface area contributed by atoms with Gasteiger partial charge in [0.2, 0.25) is 0 Å². The standard InChI is InChI=1S/C13H21NO2/c1-2-10-5-6-11(8-10)14-9-12(15)13-4-3-7-16-13/h3-4,7,10-12,14-15H,2,5-6,8-9H2,1H3. The van der Waals surface area contributed by atoms with E-state index >= 15 is 0 Å². The van der Waals surface area contributed by atoms with Gasteiger partial charge in [-0.2, -0.15) is 0 Å². The molecule has 3 nitrogen and oxygen atoms in total. The minimum Gasteiger partial charge on any atom is -0.467 e. The minimum atomic E-state index is -0.518. The van der Waals surface area contributed by atoms with Crippen molar-refractivity contribution >= 4 is 0 Å². The molecule has 1 aromatic rings. The Kier molecular flexibility index (Phi) is 4.02. The van der Waals surface area contributed by atoms with Gasteiger partial charge in [-0.3, -0.25) is 0 Å². The second-order valence-electron chi connectivity index (χ2n) is 4.72. The molecule has 1 aromatic heterocycles. The number of hydrogen-bond acceptors (Lipinski definition) is 3. The number of aliphatic hydroxyl groups excluding tert-OH is 1. The van der Waals surface area contributed by atoms with Crippen molar-refractivity contribution in [3.8, 4) is 0 Å². The highest BCUT2D eigenvalue weighted by atomic mass is 16.4. The lowest BCUT2D eigenvalue weighted by Crippen LogP contribution is -2.30. The highest BCUT2D eigenvalue weighted by Crippen LogP contribution is 2.28. The summed E-state index contributed by atoms with van der Waals surface area (Å²) in [5.41, 5.74) is 0. The zero-order valence-corrected chi connectivity index (χ0v) is 9.86. The molecule has 3 unspecified atom stereocenters. The SMILES string of the molecule is CCC1CCC(NCC(O)c2ccco2)C1. The average Bonchev–Trinajstić information content (AvgIpc) is 2.96. The maximum atomic E-state index is 9.84. The third-order valence-corrected chi connectivity index (χ3v) is 3.59. The van der Waals surface area contributed by atoms with Crippen LogP contribution in [0.4, 0.5) is 0 Å². The van der Waals surface area contributed by atoms with E-state index in [1.54, 1.807) is 12.3 Å². The molecule has 0 saturated heterocycles. The molecule has 2 N–H and O–H groups in total. The summed E-state index contributed by atoms with van der Waals surface area (Å²) in [4.78, 5) is 0. The molecule has 1 fully saturated rings. The van der Waals surface area contributed by atoms with Crippen LogP contribution in [0.25, 0.3) is 0 Å². The predicted molar refractivity (Wildman–Crippen MR) is 63.1 cm³/mol. The number of rotatable bonds is 5. The van der Waals surface area contributed by atoms with E-state index in [9.17, 15) is 5.11 Å². The lowest BCUT2D eigenvalue weighted by Gasteiger charge is -2.15. The van der Waals surface area contributed by atoms with Crippen LogP contribution in [0.5, 0.6) is 0 Å². The van der Waals surface area contributed by atoms with E-state index in [4.69, 9.17) is 4.42 Å². The van der Waals surface area contributed by atoms with Crippen LogP contribution in [0.1, 0.15) is 44.5 Å². The molecule has 0 radical (unpaired) electrons. The Morgan fingerprint density at radius 2 is 2.44 bits per heavy atom. The summed E-state index contributed by atoms with van der Waals surface area (Å²) in [6.45, 7) is 2.85. The Morgan fingerprint density at radius 1 is 1.56 bits per heavy atom. The highest BCUT2D eigenvalue weighted by molar-refractivity contribution is 5.02. The van der Waals surface area contributed by atoms with Crippen molar-refractivity contribution in [2.75, 3.05) is 6.54 Å². The third-order valence-electron chi connectivity index (χ3n) is 3.59. The molecule has 1 saturated carbocycles. The molecule has 0 spiro atoms. The van der Waals surface area contributed by atoms with Crippen LogP contribution in [0.3, 0.4) is 0 Å². The van der Waals surface area contributed by atoms with Crippen LogP contribution >= 0.6 is 0 Å². The molecular weight excluding hydrogens is 202 g/mol. The summed E-state index contributed by atoms with van der Waals surface area (Å²) < 4.78 is 5.16. The predicted octanol–water partition coefficient (Wildman–Crippen LogP) is 2.48. The van der Waals surface area contributed by atoms with Gasteiger partial charge in [0.25, 0.3) is 0 Å². The van der Waals surface area contributed by atoms with E-state index in [2.05, 4.69) is 12.2 Å². The summed E-state index contributed by atoms with van der Waals surface area (Å²) in [6, 6.07) is 4.20. The smallest absolute Gasteiger partial charge is 0.133 e. The van der Waals surface area contributed by atoms with Gasteiger partial charge in [-0.05, 0) is 37.3 Å². The van der Waals surface area contributed by atoms with Crippen molar-refractivity contribution in [1.29, 1.82) is 0 Å². The molecule has 1 aliphatic carbocycles. The van der Waals surface area contributed by atoms with E-state index in [0.717, 1.165) is 5.92 Å². The maximum Gasteiger partial charge on any atom is 0.133 e. The van der Waals surface area contributed by atoms with Crippen molar-refractivity contribution in [3.63, 3.8) is 0 Å². The van der Waals surface area contributed by atoms with Crippen molar-refractivity contribution < 1.29 is 9.52 Å². The summed E-state index contributed by atoms with van der Waals surface area (Å²) in [7, 11) is 0. The highest BCUT2D eigenvalue weighted by Gasteiger charge is 2.23. The first-order valence-electron chi connectivity index (χ1n) is 6.24. The quantitative estimate of drug-likeness (QED) is 0.806. The van der Waals surface area contributed by atoms with Crippen LogP contribution in [-0.4, -0.2) is 17.7 Å². The molecule has 0 amide bonds. The normalized spacial score (nSPS) is 27.1. The van der Waals surface area contributed by atoms with Crippen molar-refractivity contribution in [1.82, 2.24) is 5.32 Å². The van der Waals surface area contributed by atoms with Gasteiger partial charge in [-0.25, -0.2) is 0 Å². The molecule has 2 rings (SSSR count). The van der Waals surface area contributed by atoms with Gasteiger partial charge < -0.3 is 14.8 Å². The first kappa shape index (κ1) is 11.7. The van der Waals surface area contributed by atoms with E-state index in [0.29, 0.717) is 18.3 Å². The van der Waals surface area contributed by atoms with Gasteiger partial charge in [0.15, 0.2) is 0 Å². The molecule has 3 heteroatoms. The molecule has 0 aromatic carbocycles. The molecule has 16 heavy (non-hydrogen) atoms. The molecule has 1 aliphatic rings. The lowest BCUT2D eigenvalue weighted by atomic mass is 10.1. The van der Waals surface area contributed by atoms with Crippen LogP contribution in [0.15, 0.2) is 22.8 Å². The lowest BCUT2D eigenvalue weighted by molar-refractivity contribution is 0.143. The fourth-order valence-electron chi connectivity index (χ4n) is 2.49. The van der Waals surface area contributed by atoms with Crippen LogP contribution < -0.4 is 5.32 Å². The Labute approximate surface area is 96.8 Å². The minimum absolute atomic E-state index is 0.518. The first-order valence-corrected chi connectivity index (χ1v) is 6.24. The van der Waals surface area contributed by atoms with Crippen molar-refractivity contribution in [2.24, 2.45) is 5.92 Å². The molecule has 3 atom stereocenters. The van der Waals surface area contributed by atoms with Crippen LogP contribution in [0, 0.1) is 5.92 Å². The van der Waals surface area contributed by atoms with Gasteiger partial charge in [0.05, 0.1) is 6.26 Å². The number of nitrogens with one attached hydrogen (secondary N) is 1. The van der Waals surface area contributed by atoms with Crippen molar-refractivity contribution in [3.05, 3.63) is 24.2 Å². The zero-order chi connectivity index (χ0) is 11.4. The molecule has 0 aliphatic heterocycles. The van der Waals surface area contributed by atoms with Gasteiger partial charge in [0, 0.05) is 12.6 Å². The topological polar surface area (TPSA) is 45.4 Å². The van der Waals surface area contributed by atoms with Crippen molar-refractivity contribution in [2.45, 2.75) is 44.8 Å². The van der Waals surface area contributed by atoms with E-state index < -0.39 is 6.10 Å². The first-order chi connectivity index (χ1) is 7.79. The van der Waals surface area contributed by atoms with Gasteiger partial charge in [0.1, 0.15) is 11.9 Å². The monoisotopic (exact) mass is 223 g/mol. The Morgan fingerprint density at radius 3 is 3.06 bits per heavy atom. The molecular formula is C13H21NO2. The molecule has 1 heterocycles. The van der Waals surface area contributed by atoms with Crippen LogP contribution in [-0.2, 0) is 0 Å². The van der Waals surface area contributed by atoms with Gasteiger partial charge >= 0.3 is 0 Å². The molecule has 0 bridgehead atoms. The van der Waals surface area contributed by atoms with Gasteiger partial charge in [-0.15, -0.1) is 0 Å². The Balaban J connectivity index is 1.72. The third kappa shape index (κ3) is 2.86. The van der Waals surface area contributed by atoms with E-state index in [1.165, 1.54) is 25.7 Å². The largest absolute Gasteiger partial charge is 0.467 e. The summed E-state index contributed by atoms with van der Waals surface area (Å²) in [5.74, 6) is 1.52. The number of aliphatic hydroxyl groups is 1. The zero-order valence-electron chi connectivity index (χ0n) is 9.86. The summed E-state index contributed by atoms with van der Waals surface area (Å²) in [5, 5.41) is 13.3. The Hall–Kier alpha value is -0.800. The fourth-order valence-corrected chi connectivity index (χ4v) is 2.49.